The van der Waals surface area contributed by atoms with E-state index >= 15 is 14.4 Å². The van der Waals surface area contributed by atoms with Gasteiger partial charge in [-0.15, -0.1) is 0 Å². The summed E-state index contributed by atoms with van der Waals surface area (Å²) in [7, 11) is 0. The lowest BCUT2D eigenvalue weighted by Crippen LogP contribution is -2.63. The highest BCUT2D eigenvalue weighted by Crippen LogP contribution is 2.47. The number of ketones is 1. The van der Waals surface area contributed by atoms with E-state index < -0.39 is 332 Å². The second kappa shape index (κ2) is 34.7. The van der Waals surface area contributed by atoms with Crippen LogP contribution in [0.15, 0.2) is 121 Å². The van der Waals surface area contributed by atoms with E-state index in [-0.39, 0.29) is 6.07 Å². The first-order valence-electron chi connectivity index (χ1n) is 33.2. The normalized spacial score (nSPS) is 14.8. The molecule has 1 unspecified atom stereocenters. The van der Waals surface area contributed by atoms with Crippen LogP contribution in [0, 0.1) is 0 Å². The number of phenols is 23. The predicted molar refractivity (Wildman–Crippen MR) is 383 cm³/mol. The maximum absolute atomic E-state index is 15.2. The van der Waals surface area contributed by atoms with Gasteiger partial charge in [-0.25, -0.2) is 47.9 Å². The van der Waals surface area contributed by atoms with E-state index in [1.54, 1.807) is 0 Å². The first-order valence-corrected chi connectivity index (χ1v) is 33.2. The molecule has 122 heavy (non-hydrogen) atoms. The van der Waals surface area contributed by atoms with E-state index in [1.165, 1.54) is 0 Å². The molecule has 46 nitrogen and oxygen atoms in total. The number of carbonyl (C=O) groups excluding carboxylic acids is 12. The lowest BCUT2D eigenvalue weighted by molar-refractivity contribution is -0.283. The number of ether oxygens (including phenoxy) is 11. The van der Waals surface area contributed by atoms with Crippen LogP contribution in [0.25, 0.3) is 0 Å². The zero-order valence-electron chi connectivity index (χ0n) is 60.2. The van der Waals surface area contributed by atoms with Crippen LogP contribution in [-0.2, 0) is 47.5 Å². The number of phenolic OH excluding ortho intramolecular Hbond substituents is 23. The Kier molecular flexibility index (Phi) is 24.6. The summed E-state index contributed by atoms with van der Waals surface area (Å²) in [6, 6.07) is 7.56. The fraction of sp³-hybridized carbons (Fsp3) is 0.105. The first kappa shape index (κ1) is 86.5. The molecule has 0 radical (unpaired) electrons. The fourth-order valence-electron chi connectivity index (χ4n) is 10.7. The van der Waals surface area contributed by atoms with E-state index in [0.29, 0.717) is 103 Å². The molecule has 6 atom stereocenters. The minimum Gasteiger partial charge on any atom is -0.504 e. The van der Waals surface area contributed by atoms with Gasteiger partial charge in [-0.05, 0) is 109 Å². The number of Topliss-reactive ketones (excluding diaryl/α,β-unsaturated/α-hetero) is 1. The summed E-state index contributed by atoms with van der Waals surface area (Å²) >= 11 is 0. The molecule has 46 heteroatoms. The molecule has 0 spiro atoms. The Bertz CT molecular complexity index is 5800. The molecule has 0 aromatic heterocycles. The number of benzene rings is 9. The third-order valence-electron chi connectivity index (χ3n) is 16.8. The molecule has 0 amide bonds. The Balaban J connectivity index is 1.15. The second-order valence-electron chi connectivity index (χ2n) is 25.1. The third kappa shape index (κ3) is 18.6. The second-order valence-corrected chi connectivity index (χ2v) is 25.1. The molecule has 9 aromatic carbocycles. The Morgan fingerprint density at radius 2 is 0.533 bits per heavy atom. The van der Waals surface area contributed by atoms with Crippen LogP contribution in [0.2, 0.25) is 0 Å². The van der Waals surface area contributed by atoms with Crippen LogP contribution in [0.3, 0.4) is 0 Å². The van der Waals surface area contributed by atoms with Crippen molar-refractivity contribution in [1.82, 2.24) is 0 Å². The Hall–Kier alpha value is -17.9. The highest BCUT2D eigenvalue weighted by Gasteiger charge is 2.55. The van der Waals surface area contributed by atoms with Crippen LogP contribution < -0.4 is 18.9 Å². The van der Waals surface area contributed by atoms with Gasteiger partial charge in [0.15, 0.2) is 157 Å². The molecular formula is C76H54O46. The van der Waals surface area contributed by atoms with E-state index in [4.69, 9.17) is 52.1 Å². The number of hydrogen-bond acceptors (Lipinski definition) is 46. The minimum absolute atomic E-state index is 0.288. The van der Waals surface area contributed by atoms with Gasteiger partial charge in [-0.1, -0.05) is 6.58 Å². The lowest BCUT2D eigenvalue weighted by Gasteiger charge is -2.44. The number of hydrogen-bond donors (Lipinski definition) is 23. The van der Waals surface area contributed by atoms with Crippen LogP contribution in [-0.4, -0.2) is 233 Å². The molecule has 0 bridgehead atoms. The summed E-state index contributed by atoms with van der Waals surface area (Å²) in [5.74, 6) is -54.1. The molecule has 1 aliphatic rings. The van der Waals surface area contributed by atoms with Crippen molar-refractivity contribution in [2.45, 2.75) is 43.2 Å². The van der Waals surface area contributed by atoms with Crippen molar-refractivity contribution in [3.63, 3.8) is 0 Å². The molecule has 0 saturated carbocycles. The average Bonchev–Trinajstić information content (AvgIpc) is 0.763. The van der Waals surface area contributed by atoms with Crippen molar-refractivity contribution < 1.29 is 227 Å². The maximum atomic E-state index is 15.2. The quantitative estimate of drug-likeness (QED) is 0.00735. The largest absolute Gasteiger partial charge is 0.504 e. The Morgan fingerprint density at radius 1 is 0.303 bits per heavy atom. The SMILES string of the molecule is C=C(CC(OC(=O)c1cc(O)c(O)c(O)c1)C(=O)C=O)C(=O)OC[C@H]1O[C@@H](OC(=O)c2cc(O)c(O)c(OC(=O)c3cc(O)c(O)c(O)c3)c2)[C@H](OC(=O)c2cc(O)c(O)c(OC(=O)c3cc(O)c(O)c(O)c3)c2)[C@@H](OC(=O)c2cc(O)c(O)c(OC(=O)c3cc(O)c(O)c(O)c3)c2)[C@@H]1OC(=O)c1cc(O)c(O)c(OC(=O)c2cc(O)c(O)c(O)c2)c1. The van der Waals surface area contributed by atoms with Crippen molar-refractivity contribution in [2.75, 3.05) is 6.61 Å². The summed E-state index contributed by atoms with van der Waals surface area (Å²) < 4.78 is 60.2. The minimum atomic E-state index is -3.12. The van der Waals surface area contributed by atoms with Crippen LogP contribution >= 0.6 is 0 Å². The zero-order valence-corrected chi connectivity index (χ0v) is 60.2. The van der Waals surface area contributed by atoms with E-state index in [2.05, 4.69) is 6.58 Å². The summed E-state index contributed by atoms with van der Waals surface area (Å²) in [6.45, 7) is 1.73. The number of rotatable bonds is 25. The van der Waals surface area contributed by atoms with E-state index in [1.807, 2.05) is 0 Å². The van der Waals surface area contributed by atoms with Gasteiger partial charge >= 0.3 is 59.7 Å². The highest BCUT2D eigenvalue weighted by molar-refractivity contribution is 6.27. The summed E-state index contributed by atoms with van der Waals surface area (Å²) in [5, 5.41) is 239. The van der Waals surface area contributed by atoms with Gasteiger partial charge < -0.3 is 170 Å². The molecule has 634 valence electrons. The van der Waals surface area contributed by atoms with Gasteiger partial charge in [0.1, 0.15) is 12.7 Å². The summed E-state index contributed by atoms with van der Waals surface area (Å²) in [4.78, 5) is 167. The fourth-order valence-corrected chi connectivity index (χ4v) is 10.7. The van der Waals surface area contributed by atoms with Gasteiger partial charge in [0.25, 0.3) is 0 Å². The topological polar surface area (TPSA) is 772 Å². The van der Waals surface area contributed by atoms with E-state index in [9.17, 15) is 161 Å². The lowest BCUT2D eigenvalue weighted by atomic mass is 9.97. The van der Waals surface area contributed by atoms with Gasteiger partial charge in [0, 0.05) is 12.0 Å². The molecule has 1 heterocycles. The molecule has 1 fully saturated rings. The third-order valence-corrected chi connectivity index (χ3v) is 16.8. The summed E-state index contributed by atoms with van der Waals surface area (Å²) in [5.41, 5.74) is -9.99. The van der Waals surface area contributed by atoms with Crippen molar-refractivity contribution in [3.05, 3.63) is 171 Å². The average molecular weight is 1700 g/mol. The van der Waals surface area contributed by atoms with Crippen molar-refractivity contribution in [2.24, 2.45) is 0 Å². The maximum Gasteiger partial charge on any atom is 0.343 e. The molecule has 9 aromatic rings. The highest BCUT2D eigenvalue weighted by atomic mass is 16.8. The molecule has 10 rings (SSSR count). The molecule has 1 aliphatic heterocycles. The summed E-state index contributed by atoms with van der Waals surface area (Å²) in [6.07, 6.45) is -19.2. The Labute approximate surface area is 673 Å². The van der Waals surface area contributed by atoms with Crippen LogP contribution in [0.4, 0.5) is 0 Å². The van der Waals surface area contributed by atoms with E-state index in [0.717, 1.165) is 0 Å². The predicted octanol–water partition coefficient (Wildman–Crippen LogP) is 3.83. The van der Waals surface area contributed by atoms with Gasteiger partial charge in [0.05, 0.1) is 50.1 Å². The number of aromatic hydroxyl groups is 23. The molecule has 23 N–H and O–H groups in total. The molecular weight excluding hydrogens is 1650 g/mol. The number of aldehydes is 1. The molecule has 1 saturated heterocycles. The number of esters is 10. The number of carbonyl (C=O) groups is 12. The van der Waals surface area contributed by atoms with Crippen molar-refractivity contribution in [3.8, 4) is 155 Å². The van der Waals surface area contributed by atoms with Crippen molar-refractivity contribution in [1.29, 1.82) is 0 Å². The van der Waals surface area contributed by atoms with Crippen LogP contribution in [0.1, 0.15) is 99.6 Å². The smallest absolute Gasteiger partial charge is 0.343 e. The molecule has 0 aliphatic carbocycles. The standard InChI is InChI=1S/C76H54O46/c1-23(2-48(47(92)21-77)113-67(103)24-3-33(78)54(93)34(79)4-24)66(102)112-22-53-63(119-72(108)29-13-43(88)59(98)49(17-29)114-68(104)25-5-35(80)55(94)36(81)6-25)64(120-73(109)30-14-44(89)60(99)50(18-30)115-69(105)26-7-37(82)56(95)38(83)8-26)65(121-74(110)31-15-45(90)61(100)51(19-31)116-70(106)27-9-39(84)57(96)40(85)10-27)76(118-53)122-75(111)32-16-46(91)62(101)52(20-32)117-71(107)28-11-41(86)58(97)42(87)12-28/h3-21,48,53,63-65,76,78-91,93-101H,1-2,22H2/t48?,53-,63-,64+,65-,76+/m1/s1. The monoisotopic (exact) mass is 1700 g/mol. The zero-order chi connectivity index (χ0) is 89.8. The Morgan fingerprint density at radius 3 is 0.803 bits per heavy atom. The first-order chi connectivity index (χ1) is 57.3. The van der Waals surface area contributed by atoms with Crippen LogP contribution in [0.5, 0.6) is 155 Å². The van der Waals surface area contributed by atoms with Gasteiger partial charge in [-0.3, -0.25) is 9.59 Å². The van der Waals surface area contributed by atoms with Gasteiger partial charge in [0.2, 0.25) is 41.2 Å². The van der Waals surface area contributed by atoms with Gasteiger partial charge in [-0.2, -0.15) is 0 Å². The van der Waals surface area contributed by atoms with Crippen molar-refractivity contribution >= 4 is 71.8 Å².